The summed E-state index contributed by atoms with van der Waals surface area (Å²) in [6.45, 7) is 7.69. The van der Waals surface area contributed by atoms with Gasteiger partial charge in [0.1, 0.15) is 17.7 Å². The molecule has 5 aliphatic rings. The van der Waals surface area contributed by atoms with Gasteiger partial charge in [0.05, 0.1) is 36.8 Å². The van der Waals surface area contributed by atoms with E-state index in [9.17, 15) is 20.0 Å². The van der Waals surface area contributed by atoms with Gasteiger partial charge in [-0.1, -0.05) is 0 Å². The number of carbonyl (C=O) groups is 2. The Balaban J connectivity index is 1.12. The molecule has 2 N–H and O–H groups in total. The van der Waals surface area contributed by atoms with Crippen molar-refractivity contribution in [3.63, 3.8) is 0 Å². The van der Waals surface area contributed by atoms with Crippen LogP contribution in [0.15, 0.2) is 0 Å². The molecule has 10 heteroatoms. The minimum atomic E-state index is -0.602. The molecule has 4 heterocycles. The van der Waals surface area contributed by atoms with Gasteiger partial charge in [0.15, 0.2) is 6.10 Å². The third-order valence-corrected chi connectivity index (χ3v) is 8.34. The first-order valence-electron chi connectivity index (χ1n) is 12.0. The fraction of sp³-hybridized carbons (Fsp3) is 0.870. The van der Waals surface area contributed by atoms with E-state index >= 15 is 0 Å². The smallest absolute Gasteiger partial charge is 0.410 e. The molecule has 1 saturated carbocycles. The van der Waals surface area contributed by atoms with E-state index in [0.29, 0.717) is 32.5 Å². The van der Waals surface area contributed by atoms with Crippen molar-refractivity contribution in [1.29, 1.82) is 5.26 Å². The highest BCUT2D eigenvalue weighted by Gasteiger charge is 2.90. The van der Waals surface area contributed by atoms with Crippen LogP contribution in [0.3, 0.4) is 0 Å². The first kappa shape index (κ1) is 22.8. The van der Waals surface area contributed by atoms with Gasteiger partial charge in [-0.3, -0.25) is 4.79 Å². The first-order valence-corrected chi connectivity index (χ1v) is 12.0. The molecule has 182 valence electrons. The van der Waals surface area contributed by atoms with Gasteiger partial charge in [-0.05, 0) is 46.5 Å². The Kier molecular flexibility index (Phi) is 5.40. The summed E-state index contributed by atoms with van der Waals surface area (Å²) in [7, 11) is 0. The van der Waals surface area contributed by atoms with Crippen LogP contribution in [0.4, 0.5) is 4.79 Å². The second-order valence-electron chi connectivity index (χ2n) is 10.9. The Hall–Kier alpha value is -1.93. The molecule has 10 nitrogen and oxygen atoms in total. The van der Waals surface area contributed by atoms with Gasteiger partial charge >= 0.3 is 6.09 Å². The van der Waals surface area contributed by atoms with Crippen LogP contribution in [-0.2, 0) is 19.0 Å². The zero-order chi connectivity index (χ0) is 23.6. The van der Waals surface area contributed by atoms with Crippen molar-refractivity contribution in [2.75, 3.05) is 32.8 Å². The van der Waals surface area contributed by atoms with Crippen LogP contribution in [0.2, 0.25) is 0 Å². The predicted octanol–water partition coefficient (Wildman–Crippen LogP) is 0.387. The van der Waals surface area contributed by atoms with Crippen molar-refractivity contribution in [3.05, 3.63) is 0 Å². The van der Waals surface area contributed by atoms with Crippen molar-refractivity contribution in [2.45, 2.75) is 87.5 Å². The minimum absolute atomic E-state index is 0.0467. The van der Waals surface area contributed by atoms with E-state index in [2.05, 4.69) is 18.3 Å². The quantitative estimate of drug-likeness (QED) is 0.601. The van der Waals surface area contributed by atoms with E-state index in [1.54, 1.807) is 9.80 Å². The summed E-state index contributed by atoms with van der Waals surface area (Å²) in [5.41, 5.74) is -1.17. The predicted molar refractivity (Wildman–Crippen MR) is 115 cm³/mol. The number of nitriles is 1. The Morgan fingerprint density at radius 3 is 2.61 bits per heavy atom. The number of hydrogen-bond acceptors (Lipinski definition) is 8. The Bertz CT molecular complexity index is 866. The molecule has 5 rings (SSSR count). The monoisotopic (exact) mass is 462 g/mol. The average molecular weight is 463 g/mol. The summed E-state index contributed by atoms with van der Waals surface area (Å²) in [4.78, 5) is 28.8. The molecule has 0 bridgehead atoms. The molecule has 2 unspecified atom stereocenters. The van der Waals surface area contributed by atoms with E-state index in [1.807, 2.05) is 13.8 Å². The molecule has 4 saturated heterocycles. The summed E-state index contributed by atoms with van der Waals surface area (Å²) in [6.07, 6.45) is 1.28. The number of aliphatic hydroxyl groups is 1. The molecule has 1 spiro atoms. The second-order valence-corrected chi connectivity index (χ2v) is 10.9. The number of aliphatic hydroxyl groups excluding tert-OH is 1. The van der Waals surface area contributed by atoms with Gasteiger partial charge in [0, 0.05) is 25.2 Å². The fourth-order valence-electron chi connectivity index (χ4n) is 6.41. The van der Waals surface area contributed by atoms with E-state index in [0.717, 1.165) is 12.8 Å². The number of hydrogen-bond donors (Lipinski definition) is 2. The van der Waals surface area contributed by atoms with Crippen molar-refractivity contribution < 1.29 is 28.9 Å². The van der Waals surface area contributed by atoms with Gasteiger partial charge in [-0.25, -0.2) is 4.79 Å². The topological polar surface area (TPSA) is 124 Å². The van der Waals surface area contributed by atoms with Crippen LogP contribution in [0, 0.1) is 17.2 Å². The molecule has 6 atom stereocenters. The summed E-state index contributed by atoms with van der Waals surface area (Å²) in [5.74, 6) is 0.142. The van der Waals surface area contributed by atoms with Crippen LogP contribution in [0.5, 0.6) is 0 Å². The molecular weight excluding hydrogens is 428 g/mol. The highest BCUT2D eigenvalue weighted by molar-refractivity contribution is 5.79. The largest absolute Gasteiger partial charge is 0.440 e. The highest BCUT2D eigenvalue weighted by Crippen LogP contribution is 2.72. The number of rotatable bonds is 5. The highest BCUT2D eigenvalue weighted by atomic mass is 16.7. The van der Waals surface area contributed by atoms with Crippen molar-refractivity contribution in [1.82, 2.24) is 15.1 Å². The fourth-order valence-corrected chi connectivity index (χ4v) is 6.41. The molecule has 2 amide bonds. The third-order valence-electron chi connectivity index (χ3n) is 8.34. The SMILES string of the molecule is CC1(NCC(=O)N2CCC[C@H]2C#N)CCN(C(=O)O[C@H]2[C@@H](CO)O[C@@H]3C4C(C)(C)OC432)CC1. The number of carbonyl (C=O) groups excluding carboxylic acids is 2. The normalized spacial score (nSPS) is 39.8. The molecule has 0 radical (unpaired) electrons. The van der Waals surface area contributed by atoms with Crippen LogP contribution < -0.4 is 5.32 Å². The second kappa shape index (κ2) is 7.80. The first-order chi connectivity index (χ1) is 15.6. The maximum atomic E-state index is 12.9. The number of fused-ring (bicyclic) bond motifs is 1. The van der Waals surface area contributed by atoms with Crippen molar-refractivity contribution in [2.24, 2.45) is 5.92 Å². The molecule has 1 aliphatic carbocycles. The Labute approximate surface area is 194 Å². The standard InChI is InChI=1S/C23H34N4O6/c1-21(2)17-19-23(17,33-21)18(15(13-28)31-19)32-20(30)26-9-6-22(3,7-10-26)25-12-16(29)27-8-4-5-14(27)11-24/h14-15,17-19,25,28H,4-10,12-13H2,1-3H3/t14-,15+,17?,18-,19+,23?/m0/s1. The van der Waals surface area contributed by atoms with E-state index < -0.39 is 23.9 Å². The average Bonchev–Trinajstić information content (AvgIpc) is 3.07. The lowest BCUT2D eigenvalue weighted by Gasteiger charge is -2.46. The number of ether oxygens (including phenoxy) is 3. The van der Waals surface area contributed by atoms with Gasteiger partial charge in [-0.15, -0.1) is 0 Å². The lowest BCUT2D eigenvalue weighted by Crippen LogP contribution is -2.59. The van der Waals surface area contributed by atoms with Crippen molar-refractivity contribution >= 4 is 12.0 Å². The van der Waals surface area contributed by atoms with Crippen molar-refractivity contribution in [3.8, 4) is 6.07 Å². The van der Waals surface area contributed by atoms with Gasteiger partial charge < -0.3 is 34.4 Å². The van der Waals surface area contributed by atoms with E-state index in [-0.39, 0.29) is 48.3 Å². The molecule has 0 aromatic carbocycles. The zero-order valence-electron chi connectivity index (χ0n) is 19.6. The molecule has 33 heavy (non-hydrogen) atoms. The summed E-state index contributed by atoms with van der Waals surface area (Å²) in [6, 6.07) is 1.89. The number of likely N-dealkylation sites (tertiary alicyclic amines) is 2. The molecule has 0 aromatic heterocycles. The number of amides is 2. The molecule has 5 fully saturated rings. The summed E-state index contributed by atoms with van der Waals surface area (Å²) < 4.78 is 17.8. The minimum Gasteiger partial charge on any atom is -0.440 e. The van der Waals surface area contributed by atoms with Crippen LogP contribution in [-0.4, -0.2) is 101 Å². The van der Waals surface area contributed by atoms with Gasteiger partial charge in [0.2, 0.25) is 5.91 Å². The van der Waals surface area contributed by atoms with E-state index in [4.69, 9.17) is 14.2 Å². The molecular formula is C23H34N4O6. The Morgan fingerprint density at radius 1 is 1.24 bits per heavy atom. The summed E-state index contributed by atoms with van der Waals surface area (Å²) >= 11 is 0. The number of nitrogens with zero attached hydrogens (tertiary/aromatic N) is 3. The zero-order valence-corrected chi connectivity index (χ0v) is 19.6. The van der Waals surface area contributed by atoms with Gasteiger partial charge in [0.25, 0.3) is 0 Å². The molecule has 0 aromatic rings. The maximum absolute atomic E-state index is 12.9. The number of nitrogens with one attached hydrogen (secondary N) is 1. The maximum Gasteiger partial charge on any atom is 0.410 e. The lowest BCUT2D eigenvalue weighted by molar-refractivity contribution is -0.239. The van der Waals surface area contributed by atoms with Crippen LogP contribution in [0.1, 0.15) is 46.5 Å². The van der Waals surface area contributed by atoms with Gasteiger partial charge in [-0.2, -0.15) is 5.26 Å². The third kappa shape index (κ3) is 3.52. The van der Waals surface area contributed by atoms with Crippen LogP contribution >= 0.6 is 0 Å². The number of piperidine rings is 1. The van der Waals surface area contributed by atoms with E-state index in [1.165, 1.54) is 0 Å². The Morgan fingerprint density at radius 2 is 1.97 bits per heavy atom. The summed E-state index contributed by atoms with van der Waals surface area (Å²) in [5, 5.41) is 22.3. The molecule has 4 aliphatic heterocycles. The van der Waals surface area contributed by atoms with Crippen LogP contribution in [0.25, 0.3) is 0 Å². The lowest BCUT2D eigenvalue weighted by atomic mass is 9.88.